The highest BCUT2D eigenvalue weighted by Gasteiger charge is 2.32. The van der Waals surface area contributed by atoms with Crippen LogP contribution in [0.15, 0.2) is 46.9 Å². The molecule has 1 fully saturated rings. The summed E-state index contributed by atoms with van der Waals surface area (Å²) in [6.07, 6.45) is 2.58. The van der Waals surface area contributed by atoms with Crippen LogP contribution in [0.4, 0.5) is 0 Å². The zero-order chi connectivity index (χ0) is 16.2. The molecule has 2 aromatic rings. The number of methoxy groups -OCH3 is 2. The van der Waals surface area contributed by atoms with E-state index < -0.39 is 0 Å². The number of halogens is 1. The van der Waals surface area contributed by atoms with Crippen LogP contribution in [-0.2, 0) is 6.54 Å². The van der Waals surface area contributed by atoms with Crippen LogP contribution in [0, 0.1) is 5.92 Å². The Kier molecular flexibility index (Phi) is 5.23. The lowest BCUT2D eigenvalue weighted by atomic mass is 10.0. The molecule has 2 aromatic carbocycles. The summed E-state index contributed by atoms with van der Waals surface area (Å²) >= 11 is 3.54. The van der Waals surface area contributed by atoms with Crippen LogP contribution in [0.2, 0.25) is 0 Å². The van der Waals surface area contributed by atoms with Gasteiger partial charge in [0.2, 0.25) is 0 Å². The van der Waals surface area contributed by atoms with E-state index in [1.807, 2.05) is 24.3 Å². The maximum atomic E-state index is 5.47. The SMILES string of the molecule is COc1ccc(C(NCc2cc(Br)ccc2OC)C2CC2)cc1. The van der Waals surface area contributed by atoms with E-state index in [-0.39, 0.29) is 0 Å². The Morgan fingerprint density at radius 2 is 1.83 bits per heavy atom. The molecule has 0 heterocycles. The lowest BCUT2D eigenvalue weighted by Gasteiger charge is -2.20. The third-order valence-electron chi connectivity index (χ3n) is 4.32. The Hall–Kier alpha value is -1.52. The van der Waals surface area contributed by atoms with Crippen molar-refractivity contribution in [3.8, 4) is 11.5 Å². The Morgan fingerprint density at radius 1 is 1.09 bits per heavy atom. The average molecular weight is 376 g/mol. The predicted molar refractivity (Wildman–Crippen MR) is 96.0 cm³/mol. The first-order chi connectivity index (χ1) is 11.2. The largest absolute Gasteiger partial charge is 0.497 e. The minimum atomic E-state index is 0.379. The summed E-state index contributed by atoms with van der Waals surface area (Å²) in [5, 5.41) is 3.71. The number of hydrogen-bond donors (Lipinski definition) is 1. The van der Waals surface area contributed by atoms with Crippen molar-refractivity contribution in [2.75, 3.05) is 14.2 Å². The first kappa shape index (κ1) is 16.3. The molecule has 0 bridgehead atoms. The number of nitrogens with one attached hydrogen (secondary N) is 1. The second kappa shape index (κ2) is 7.37. The van der Waals surface area contributed by atoms with Gasteiger partial charge in [0.15, 0.2) is 0 Å². The van der Waals surface area contributed by atoms with Crippen molar-refractivity contribution in [3.05, 3.63) is 58.1 Å². The Morgan fingerprint density at radius 3 is 2.43 bits per heavy atom. The summed E-state index contributed by atoms with van der Waals surface area (Å²) in [4.78, 5) is 0. The molecule has 3 nitrogen and oxygen atoms in total. The number of rotatable bonds is 7. The van der Waals surface area contributed by atoms with E-state index in [2.05, 4.69) is 39.4 Å². The highest BCUT2D eigenvalue weighted by atomic mass is 79.9. The van der Waals surface area contributed by atoms with Gasteiger partial charge in [0.05, 0.1) is 14.2 Å². The molecule has 1 unspecified atom stereocenters. The van der Waals surface area contributed by atoms with Crippen molar-refractivity contribution in [1.29, 1.82) is 0 Å². The van der Waals surface area contributed by atoms with Gasteiger partial charge in [0.1, 0.15) is 11.5 Å². The van der Waals surface area contributed by atoms with E-state index in [1.165, 1.54) is 24.0 Å². The van der Waals surface area contributed by atoms with Gasteiger partial charge in [-0.3, -0.25) is 0 Å². The van der Waals surface area contributed by atoms with Gasteiger partial charge in [-0.25, -0.2) is 0 Å². The Bertz CT molecular complexity index is 653. The maximum Gasteiger partial charge on any atom is 0.123 e. The molecule has 0 spiro atoms. The summed E-state index contributed by atoms with van der Waals surface area (Å²) in [5.74, 6) is 2.54. The monoisotopic (exact) mass is 375 g/mol. The van der Waals surface area contributed by atoms with Gasteiger partial charge in [-0.15, -0.1) is 0 Å². The standard InChI is InChI=1S/C19H22BrNO2/c1-22-17-8-5-14(6-9-17)19(13-3-4-13)21-12-15-11-16(20)7-10-18(15)23-2/h5-11,13,19,21H,3-4,12H2,1-2H3. The molecule has 23 heavy (non-hydrogen) atoms. The van der Waals surface area contributed by atoms with E-state index in [4.69, 9.17) is 9.47 Å². The predicted octanol–water partition coefficient (Wildman–Crippen LogP) is 4.71. The molecule has 1 aliphatic carbocycles. The van der Waals surface area contributed by atoms with Crippen molar-refractivity contribution in [2.24, 2.45) is 5.92 Å². The van der Waals surface area contributed by atoms with E-state index in [1.54, 1.807) is 14.2 Å². The highest BCUT2D eigenvalue weighted by Crippen LogP contribution is 2.41. The molecule has 122 valence electrons. The minimum absolute atomic E-state index is 0.379. The van der Waals surface area contributed by atoms with Crippen LogP contribution in [-0.4, -0.2) is 14.2 Å². The van der Waals surface area contributed by atoms with Crippen molar-refractivity contribution in [2.45, 2.75) is 25.4 Å². The maximum absolute atomic E-state index is 5.47. The van der Waals surface area contributed by atoms with E-state index in [9.17, 15) is 0 Å². The van der Waals surface area contributed by atoms with Gasteiger partial charge in [-0.1, -0.05) is 28.1 Å². The second-order valence-electron chi connectivity index (χ2n) is 5.93. The fourth-order valence-electron chi connectivity index (χ4n) is 2.90. The fourth-order valence-corrected chi connectivity index (χ4v) is 3.31. The van der Waals surface area contributed by atoms with Crippen molar-refractivity contribution in [1.82, 2.24) is 5.32 Å². The highest BCUT2D eigenvalue weighted by molar-refractivity contribution is 9.10. The van der Waals surface area contributed by atoms with Crippen LogP contribution in [0.5, 0.6) is 11.5 Å². The molecule has 0 aromatic heterocycles. The smallest absolute Gasteiger partial charge is 0.123 e. The molecule has 4 heteroatoms. The van der Waals surface area contributed by atoms with Crippen LogP contribution in [0.1, 0.15) is 30.0 Å². The molecule has 0 amide bonds. The Balaban J connectivity index is 1.74. The first-order valence-electron chi connectivity index (χ1n) is 7.91. The van der Waals surface area contributed by atoms with Gasteiger partial charge in [0.25, 0.3) is 0 Å². The normalized spacial score (nSPS) is 15.3. The van der Waals surface area contributed by atoms with Crippen LogP contribution in [0.3, 0.4) is 0 Å². The van der Waals surface area contributed by atoms with Crippen LogP contribution in [0.25, 0.3) is 0 Å². The lowest BCUT2D eigenvalue weighted by molar-refractivity contribution is 0.402. The summed E-state index contributed by atoms with van der Waals surface area (Å²) in [6.45, 7) is 0.788. The summed E-state index contributed by atoms with van der Waals surface area (Å²) < 4.78 is 11.8. The van der Waals surface area contributed by atoms with Gasteiger partial charge in [-0.05, 0) is 54.7 Å². The van der Waals surface area contributed by atoms with Crippen LogP contribution >= 0.6 is 15.9 Å². The molecule has 0 radical (unpaired) electrons. The molecule has 1 saturated carbocycles. The van der Waals surface area contributed by atoms with E-state index in [0.29, 0.717) is 6.04 Å². The topological polar surface area (TPSA) is 30.5 Å². The molecule has 1 N–H and O–H groups in total. The quantitative estimate of drug-likeness (QED) is 0.760. The van der Waals surface area contributed by atoms with Crippen molar-refractivity contribution < 1.29 is 9.47 Å². The number of ether oxygens (including phenoxy) is 2. The fraction of sp³-hybridized carbons (Fsp3) is 0.368. The van der Waals surface area contributed by atoms with Gasteiger partial charge in [0, 0.05) is 22.6 Å². The van der Waals surface area contributed by atoms with Gasteiger partial charge in [-0.2, -0.15) is 0 Å². The van der Waals surface area contributed by atoms with Crippen molar-refractivity contribution >= 4 is 15.9 Å². The summed E-state index contributed by atoms with van der Waals surface area (Å²) in [5.41, 5.74) is 2.49. The third-order valence-corrected chi connectivity index (χ3v) is 4.82. The molecular weight excluding hydrogens is 354 g/mol. The zero-order valence-electron chi connectivity index (χ0n) is 13.5. The van der Waals surface area contributed by atoms with E-state index >= 15 is 0 Å². The molecular formula is C19H22BrNO2. The second-order valence-corrected chi connectivity index (χ2v) is 6.84. The van der Waals surface area contributed by atoms with Gasteiger partial charge >= 0.3 is 0 Å². The minimum Gasteiger partial charge on any atom is -0.497 e. The summed E-state index contributed by atoms with van der Waals surface area (Å²) in [7, 11) is 3.42. The number of benzene rings is 2. The molecule has 0 aliphatic heterocycles. The summed E-state index contributed by atoms with van der Waals surface area (Å²) in [6, 6.07) is 14.9. The molecule has 3 rings (SSSR count). The van der Waals surface area contributed by atoms with E-state index in [0.717, 1.165) is 28.4 Å². The molecule has 1 atom stereocenters. The molecule has 1 aliphatic rings. The number of hydrogen-bond acceptors (Lipinski definition) is 3. The third kappa shape index (κ3) is 4.06. The zero-order valence-corrected chi connectivity index (χ0v) is 15.1. The lowest BCUT2D eigenvalue weighted by Crippen LogP contribution is -2.23. The van der Waals surface area contributed by atoms with Crippen molar-refractivity contribution in [3.63, 3.8) is 0 Å². The van der Waals surface area contributed by atoms with Crippen LogP contribution < -0.4 is 14.8 Å². The Labute approximate surface area is 146 Å². The van der Waals surface area contributed by atoms with Gasteiger partial charge < -0.3 is 14.8 Å². The average Bonchev–Trinajstić information content (AvgIpc) is 3.41. The molecule has 0 saturated heterocycles. The first-order valence-corrected chi connectivity index (χ1v) is 8.70.